The fraction of sp³-hybridized carbons (Fsp3) is 0.222. The third kappa shape index (κ3) is 2.56. The first-order valence-corrected chi connectivity index (χ1v) is 3.75. The quantitative estimate of drug-likeness (QED) is 0.651. The van der Waals surface area contributed by atoms with Crippen molar-refractivity contribution in [2.75, 3.05) is 6.54 Å². The van der Waals surface area contributed by atoms with Crippen molar-refractivity contribution in [1.82, 2.24) is 15.5 Å². The molecule has 0 unspecified atom stereocenters. The monoisotopic (exact) mass is 175 g/mol. The number of carbonyl (C=O) groups excluding carboxylic acids is 1. The van der Waals surface area contributed by atoms with Crippen LogP contribution in [0.3, 0.4) is 0 Å². The van der Waals surface area contributed by atoms with E-state index >= 15 is 0 Å². The van der Waals surface area contributed by atoms with Gasteiger partial charge in [-0.25, -0.2) is 0 Å². The first-order valence-electron chi connectivity index (χ1n) is 3.75. The normalized spacial score (nSPS) is 8.92. The molecule has 0 saturated heterocycles. The van der Waals surface area contributed by atoms with Gasteiger partial charge in [-0.2, -0.15) is 10.2 Å². The molecule has 0 aliphatic rings. The van der Waals surface area contributed by atoms with Gasteiger partial charge in [-0.1, -0.05) is 5.92 Å². The molecule has 66 valence electrons. The number of hydrogen-bond acceptors (Lipinski definition) is 3. The van der Waals surface area contributed by atoms with Crippen molar-refractivity contribution in [1.29, 1.82) is 0 Å². The highest BCUT2D eigenvalue weighted by Crippen LogP contribution is 1.97. The van der Waals surface area contributed by atoms with Gasteiger partial charge in [-0.05, 0) is 13.0 Å². The maximum absolute atomic E-state index is 11.3. The van der Waals surface area contributed by atoms with Gasteiger partial charge in [0.1, 0.15) is 0 Å². The lowest BCUT2D eigenvalue weighted by Gasteiger charge is -2.00. The number of rotatable bonds is 2. The minimum absolute atomic E-state index is 0.222. The summed E-state index contributed by atoms with van der Waals surface area (Å²) in [4.78, 5) is 11.3. The first kappa shape index (κ1) is 9.20. The molecule has 0 saturated carbocycles. The Morgan fingerprint density at radius 3 is 3.15 bits per heavy atom. The molecule has 4 heteroatoms. The molecule has 0 aliphatic carbocycles. The fourth-order valence-electron chi connectivity index (χ4n) is 0.831. The Morgan fingerprint density at radius 2 is 2.54 bits per heavy atom. The van der Waals surface area contributed by atoms with Crippen molar-refractivity contribution in [2.45, 2.75) is 6.92 Å². The summed E-state index contributed by atoms with van der Waals surface area (Å²) in [5.74, 6) is 2.09. The van der Waals surface area contributed by atoms with Gasteiger partial charge in [0.2, 0.25) is 0 Å². The SMILES string of the molecule is C#CCNC(=O)c1cnnc(C)c1. The third-order valence-electron chi connectivity index (χ3n) is 1.39. The minimum Gasteiger partial charge on any atom is -0.341 e. The van der Waals surface area contributed by atoms with Crippen LogP contribution in [0.4, 0.5) is 0 Å². The van der Waals surface area contributed by atoms with E-state index in [9.17, 15) is 4.79 Å². The first-order chi connectivity index (χ1) is 6.24. The lowest BCUT2D eigenvalue weighted by atomic mass is 10.2. The number of terminal acetylenes is 1. The van der Waals surface area contributed by atoms with Crippen molar-refractivity contribution in [2.24, 2.45) is 0 Å². The van der Waals surface area contributed by atoms with E-state index < -0.39 is 0 Å². The standard InChI is InChI=1S/C9H9N3O/c1-3-4-10-9(13)8-5-7(2)12-11-6-8/h1,5-6H,4H2,2H3,(H,10,13). The molecule has 0 radical (unpaired) electrons. The third-order valence-corrected chi connectivity index (χ3v) is 1.39. The number of aromatic nitrogens is 2. The average Bonchev–Trinajstić information content (AvgIpc) is 2.14. The molecule has 1 aromatic rings. The zero-order valence-corrected chi connectivity index (χ0v) is 7.24. The maximum atomic E-state index is 11.3. The Bertz CT molecular complexity index is 354. The molecule has 0 aromatic carbocycles. The second kappa shape index (κ2) is 4.21. The largest absolute Gasteiger partial charge is 0.341 e. The Hall–Kier alpha value is -1.89. The molecule has 4 nitrogen and oxygen atoms in total. The number of aryl methyl sites for hydroxylation is 1. The Labute approximate surface area is 76.4 Å². The molecule has 1 heterocycles. The lowest BCUT2D eigenvalue weighted by Crippen LogP contribution is -2.23. The van der Waals surface area contributed by atoms with Gasteiger partial charge in [-0.3, -0.25) is 4.79 Å². The summed E-state index contributed by atoms with van der Waals surface area (Å²) in [7, 11) is 0. The molecule has 1 N–H and O–H groups in total. The van der Waals surface area contributed by atoms with Gasteiger partial charge < -0.3 is 5.32 Å². The molecule has 0 fully saturated rings. The van der Waals surface area contributed by atoms with Crippen molar-refractivity contribution < 1.29 is 4.79 Å². The summed E-state index contributed by atoms with van der Waals surface area (Å²) >= 11 is 0. The fourth-order valence-corrected chi connectivity index (χ4v) is 0.831. The van der Waals surface area contributed by atoms with E-state index in [1.165, 1.54) is 6.20 Å². The molecule has 0 spiro atoms. The second-order valence-corrected chi connectivity index (χ2v) is 2.47. The Balaban J connectivity index is 2.72. The van der Waals surface area contributed by atoms with Crippen LogP contribution < -0.4 is 5.32 Å². The highest BCUT2D eigenvalue weighted by Gasteiger charge is 2.04. The van der Waals surface area contributed by atoms with Crippen LogP contribution in [0.15, 0.2) is 12.3 Å². The minimum atomic E-state index is -0.226. The van der Waals surface area contributed by atoms with Crippen molar-refractivity contribution >= 4 is 5.91 Å². The molecule has 1 aromatic heterocycles. The average molecular weight is 175 g/mol. The van der Waals surface area contributed by atoms with Crippen LogP contribution >= 0.6 is 0 Å². The van der Waals surface area contributed by atoms with Crippen LogP contribution in [-0.4, -0.2) is 22.6 Å². The van der Waals surface area contributed by atoms with Crippen molar-refractivity contribution in [3.05, 3.63) is 23.5 Å². The predicted octanol–water partition coefficient (Wildman–Crippen LogP) is 0.148. The zero-order chi connectivity index (χ0) is 9.68. The van der Waals surface area contributed by atoms with Crippen molar-refractivity contribution in [3.8, 4) is 12.3 Å². The van der Waals surface area contributed by atoms with Crippen LogP contribution in [0.2, 0.25) is 0 Å². The van der Waals surface area contributed by atoms with E-state index in [0.29, 0.717) is 11.3 Å². The van der Waals surface area contributed by atoms with Crippen LogP contribution in [0, 0.1) is 19.3 Å². The lowest BCUT2D eigenvalue weighted by molar-refractivity contribution is 0.0958. The van der Waals surface area contributed by atoms with Gasteiger partial charge >= 0.3 is 0 Å². The summed E-state index contributed by atoms with van der Waals surface area (Å²) in [5.41, 5.74) is 1.18. The van der Waals surface area contributed by atoms with Gasteiger partial charge in [-0.15, -0.1) is 6.42 Å². The van der Waals surface area contributed by atoms with E-state index in [4.69, 9.17) is 6.42 Å². The highest BCUT2D eigenvalue weighted by atomic mass is 16.1. The molecular weight excluding hydrogens is 166 g/mol. The van der Waals surface area contributed by atoms with E-state index in [0.717, 1.165) is 0 Å². The second-order valence-electron chi connectivity index (χ2n) is 2.47. The number of nitrogens with one attached hydrogen (secondary N) is 1. The molecular formula is C9H9N3O. The number of carbonyl (C=O) groups is 1. The number of nitrogens with zero attached hydrogens (tertiary/aromatic N) is 2. The van der Waals surface area contributed by atoms with Crippen LogP contribution in [0.5, 0.6) is 0 Å². The Kier molecular flexibility index (Phi) is 2.98. The molecule has 0 bridgehead atoms. The van der Waals surface area contributed by atoms with Gasteiger partial charge in [0.05, 0.1) is 24.0 Å². The number of hydrogen-bond donors (Lipinski definition) is 1. The molecule has 13 heavy (non-hydrogen) atoms. The van der Waals surface area contributed by atoms with E-state index in [2.05, 4.69) is 21.4 Å². The van der Waals surface area contributed by atoms with Gasteiger partial charge in [0.25, 0.3) is 5.91 Å². The van der Waals surface area contributed by atoms with E-state index in [1.54, 1.807) is 13.0 Å². The summed E-state index contributed by atoms with van der Waals surface area (Å²) in [6, 6.07) is 1.65. The molecule has 1 rings (SSSR count). The smallest absolute Gasteiger partial charge is 0.253 e. The zero-order valence-electron chi connectivity index (χ0n) is 7.24. The van der Waals surface area contributed by atoms with Crippen molar-refractivity contribution in [3.63, 3.8) is 0 Å². The maximum Gasteiger partial charge on any atom is 0.253 e. The molecule has 0 atom stereocenters. The topological polar surface area (TPSA) is 54.9 Å². The van der Waals surface area contributed by atoms with Crippen LogP contribution in [0.25, 0.3) is 0 Å². The van der Waals surface area contributed by atoms with Gasteiger partial charge in [0, 0.05) is 0 Å². The summed E-state index contributed by atoms with van der Waals surface area (Å²) in [6.45, 7) is 1.99. The van der Waals surface area contributed by atoms with Gasteiger partial charge in [0.15, 0.2) is 0 Å². The summed E-state index contributed by atoms with van der Waals surface area (Å²) in [6.07, 6.45) is 6.39. The predicted molar refractivity (Wildman–Crippen MR) is 47.9 cm³/mol. The number of amides is 1. The summed E-state index contributed by atoms with van der Waals surface area (Å²) < 4.78 is 0. The van der Waals surface area contributed by atoms with E-state index in [-0.39, 0.29) is 12.5 Å². The van der Waals surface area contributed by atoms with E-state index in [1.807, 2.05) is 0 Å². The Morgan fingerprint density at radius 1 is 1.77 bits per heavy atom. The highest BCUT2D eigenvalue weighted by molar-refractivity contribution is 5.94. The summed E-state index contributed by atoms with van der Waals surface area (Å²) in [5, 5.41) is 9.92. The molecule has 1 amide bonds. The molecule has 0 aliphatic heterocycles. The van der Waals surface area contributed by atoms with Crippen LogP contribution in [-0.2, 0) is 0 Å². The van der Waals surface area contributed by atoms with Crippen LogP contribution in [0.1, 0.15) is 16.1 Å².